The smallest absolute Gasteiger partial charge is 0.416 e. The Hall–Kier alpha value is -5.16. The van der Waals surface area contributed by atoms with E-state index in [9.17, 15) is 22.8 Å². The lowest BCUT2D eigenvalue weighted by molar-refractivity contribution is -0.137. The summed E-state index contributed by atoms with van der Waals surface area (Å²) in [7, 11) is 1.38. The van der Waals surface area contributed by atoms with Crippen molar-refractivity contribution in [2.75, 3.05) is 19.0 Å². The third-order valence-electron chi connectivity index (χ3n) is 6.19. The minimum absolute atomic E-state index is 0.0209. The maximum Gasteiger partial charge on any atom is 0.416 e. The molecule has 0 saturated carbocycles. The van der Waals surface area contributed by atoms with E-state index in [4.69, 9.17) is 21.1 Å². The Kier molecular flexibility index (Phi) is 8.44. The van der Waals surface area contributed by atoms with Gasteiger partial charge in [0.1, 0.15) is 0 Å². The van der Waals surface area contributed by atoms with Crippen LogP contribution in [-0.2, 0) is 11.0 Å². The number of aromatic nitrogens is 2. The number of hydrogen-bond donors (Lipinski definition) is 1. The van der Waals surface area contributed by atoms with Crippen molar-refractivity contribution < 1.29 is 27.4 Å². The van der Waals surface area contributed by atoms with Crippen LogP contribution in [0.3, 0.4) is 0 Å². The minimum Gasteiger partial charge on any atom is -0.493 e. The highest BCUT2D eigenvalue weighted by Crippen LogP contribution is 2.35. The van der Waals surface area contributed by atoms with E-state index in [0.29, 0.717) is 5.69 Å². The molecular weight excluding hydrogens is 585 g/mol. The number of hydrogen-bond acceptors (Lipinski definition) is 6. The van der Waals surface area contributed by atoms with E-state index in [-0.39, 0.29) is 44.4 Å². The molecule has 5 rings (SSSR count). The van der Waals surface area contributed by atoms with Gasteiger partial charge in [0.05, 0.1) is 29.8 Å². The summed E-state index contributed by atoms with van der Waals surface area (Å²) in [4.78, 5) is 30.5. The molecule has 4 aromatic carbocycles. The molecule has 0 aliphatic rings. The highest BCUT2D eigenvalue weighted by atomic mass is 35.5. The molecule has 0 fully saturated rings. The first-order valence-corrected chi connectivity index (χ1v) is 13.1. The van der Waals surface area contributed by atoms with Gasteiger partial charge in [-0.2, -0.15) is 22.9 Å². The van der Waals surface area contributed by atoms with Crippen molar-refractivity contribution in [3.8, 4) is 22.9 Å². The van der Waals surface area contributed by atoms with Gasteiger partial charge in [-0.25, -0.2) is 4.98 Å². The zero-order chi connectivity index (χ0) is 30.6. The largest absolute Gasteiger partial charge is 0.493 e. The number of amides is 1. The summed E-state index contributed by atoms with van der Waals surface area (Å²) in [6.07, 6.45) is -3.38. The van der Waals surface area contributed by atoms with Gasteiger partial charge in [-0.1, -0.05) is 54.1 Å². The molecule has 1 N–H and O–H groups in total. The number of halogens is 4. The fraction of sp³-hybridized carbons (Fsp3) is 0.0968. The van der Waals surface area contributed by atoms with E-state index in [0.717, 1.165) is 16.8 Å². The Morgan fingerprint density at radius 2 is 1.77 bits per heavy atom. The van der Waals surface area contributed by atoms with E-state index in [1.807, 2.05) is 6.07 Å². The van der Waals surface area contributed by atoms with Gasteiger partial charge in [0.2, 0.25) is 0 Å². The summed E-state index contributed by atoms with van der Waals surface area (Å²) >= 11 is 6.29. The molecule has 0 radical (unpaired) electrons. The first kappa shape index (κ1) is 29.3. The van der Waals surface area contributed by atoms with Crippen molar-refractivity contribution in [3.63, 3.8) is 0 Å². The highest BCUT2D eigenvalue weighted by Gasteiger charge is 2.31. The number of rotatable bonds is 8. The van der Waals surface area contributed by atoms with Crippen molar-refractivity contribution >= 4 is 40.3 Å². The number of para-hydroxylation sites is 2. The zero-order valence-corrected chi connectivity index (χ0v) is 23.2. The predicted molar refractivity (Wildman–Crippen MR) is 158 cm³/mol. The third-order valence-corrected chi connectivity index (χ3v) is 6.41. The van der Waals surface area contributed by atoms with Crippen LogP contribution in [0.1, 0.15) is 11.1 Å². The van der Waals surface area contributed by atoms with Crippen LogP contribution >= 0.6 is 11.6 Å². The van der Waals surface area contributed by atoms with Crippen LogP contribution in [0, 0.1) is 0 Å². The predicted octanol–water partition coefficient (Wildman–Crippen LogP) is 6.64. The lowest BCUT2D eigenvalue weighted by atomic mass is 10.1. The van der Waals surface area contributed by atoms with Gasteiger partial charge < -0.3 is 14.8 Å². The quantitative estimate of drug-likeness (QED) is 0.200. The molecule has 0 saturated heterocycles. The summed E-state index contributed by atoms with van der Waals surface area (Å²) in [5.74, 6) is -0.289. The average Bonchev–Trinajstić information content (AvgIpc) is 2.99. The second-order valence-electron chi connectivity index (χ2n) is 9.12. The second-order valence-corrected chi connectivity index (χ2v) is 9.56. The standard InChI is InChI=1S/C31H22ClF3N4O4/c1-42-26-16-22(32)15-20(28(26)43-18-27(40)37-23-10-3-2-4-11-23)17-36-39-29(19-8-7-9-21(14-19)31(33,34)35)38-25-13-6-5-12-24(25)30(39)41/h2-17H,18H2,1H3,(H,37,40). The molecule has 0 aliphatic carbocycles. The topological polar surface area (TPSA) is 94.8 Å². The van der Waals surface area contributed by atoms with Gasteiger partial charge >= 0.3 is 6.18 Å². The Bertz CT molecular complexity index is 1890. The monoisotopic (exact) mass is 606 g/mol. The number of methoxy groups -OCH3 is 1. The second kappa shape index (κ2) is 12.4. The van der Waals surface area contributed by atoms with Crippen LogP contribution in [0.5, 0.6) is 11.5 Å². The molecule has 0 spiro atoms. The van der Waals surface area contributed by atoms with Gasteiger partial charge in [0, 0.05) is 27.9 Å². The number of ether oxygens (including phenoxy) is 2. The van der Waals surface area contributed by atoms with Crippen LogP contribution in [0.25, 0.3) is 22.3 Å². The Morgan fingerprint density at radius 1 is 1.02 bits per heavy atom. The van der Waals surface area contributed by atoms with Crippen molar-refractivity contribution in [2.24, 2.45) is 5.10 Å². The summed E-state index contributed by atoms with van der Waals surface area (Å²) < 4.78 is 52.6. The van der Waals surface area contributed by atoms with Crippen molar-refractivity contribution in [3.05, 3.63) is 117 Å². The lowest BCUT2D eigenvalue weighted by Gasteiger charge is -2.15. The third kappa shape index (κ3) is 6.68. The van der Waals surface area contributed by atoms with E-state index >= 15 is 0 Å². The van der Waals surface area contributed by atoms with Gasteiger partial charge in [-0.05, 0) is 42.5 Å². The maximum absolute atomic E-state index is 13.5. The number of alkyl halides is 3. The first-order chi connectivity index (χ1) is 20.6. The highest BCUT2D eigenvalue weighted by molar-refractivity contribution is 6.31. The van der Waals surface area contributed by atoms with Gasteiger partial charge in [-0.3, -0.25) is 9.59 Å². The number of nitrogens with zero attached hydrogens (tertiary/aromatic N) is 3. The zero-order valence-electron chi connectivity index (χ0n) is 22.4. The van der Waals surface area contributed by atoms with Crippen LogP contribution in [0.4, 0.5) is 18.9 Å². The molecule has 1 aromatic heterocycles. The van der Waals surface area contributed by atoms with Crippen molar-refractivity contribution in [2.45, 2.75) is 6.18 Å². The molecule has 0 atom stereocenters. The van der Waals surface area contributed by atoms with Gasteiger partial charge in [0.15, 0.2) is 23.9 Å². The molecule has 0 unspecified atom stereocenters. The summed E-state index contributed by atoms with van der Waals surface area (Å²) in [6.45, 7) is -0.402. The van der Waals surface area contributed by atoms with Crippen molar-refractivity contribution in [1.29, 1.82) is 0 Å². The Labute approximate surface area is 248 Å². The van der Waals surface area contributed by atoms with Gasteiger partial charge in [-0.15, -0.1) is 0 Å². The average molecular weight is 607 g/mol. The number of anilines is 1. The summed E-state index contributed by atoms with van der Waals surface area (Å²) in [6, 6.07) is 22.6. The maximum atomic E-state index is 13.5. The first-order valence-electron chi connectivity index (χ1n) is 12.7. The Morgan fingerprint density at radius 3 is 2.51 bits per heavy atom. The minimum atomic E-state index is -4.61. The number of fused-ring (bicyclic) bond motifs is 1. The van der Waals surface area contributed by atoms with Crippen molar-refractivity contribution in [1.82, 2.24) is 9.66 Å². The molecule has 43 heavy (non-hydrogen) atoms. The van der Waals surface area contributed by atoms with Crippen LogP contribution in [-0.4, -0.2) is 35.5 Å². The van der Waals surface area contributed by atoms with E-state index in [1.165, 1.54) is 43.7 Å². The molecule has 12 heteroatoms. The molecule has 1 amide bonds. The lowest BCUT2D eigenvalue weighted by Crippen LogP contribution is -2.21. The molecule has 0 bridgehead atoms. The van der Waals surface area contributed by atoms with E-state index < -0.39 is 29.8 Å². The Balaban J connectivity index is 1.57. The molecule has 5 aromatic rings. The van der Waals surface area contributed by atoms with E-state index in [2.05, 4.69) is 15.4 Å². The fourth-order valence-corrected chi connectivity index (χ4v) is 4.44. The van der Waals surface area contributed by atoms with Crippen LogP contribution in [0.15, 0.2) is 101 Å². The normalized spacial score (nSPS) is 11.6. The molecule has 0 aliphatic heterocycles. The van der Waals surface area contributed by atoms with Crippen LogP contribution in [0.2, 0.25) is 5.02 Å². The van der Waals surface area contributed by atoms with Crippen LogP contribution < -0.4 is 20.3 Å². The summed E-state index contributed by atoms with van der Waals surface area (Å²) in [5, 5.41) is 7.45. The summed E-state index contributed by atoms with van der Waals surface area (Å²) in [5.41, 5.74) is -0.421. The molecular formula is C31H22ClF3N4O4. The molecule has 1 heterocycles. The molecule has 8 nitrogen and oxygen atoms in total. The van der Waals surface area contributed by atoms with E-state index in [1.54, 1.807) is 42.5 Å². The number of nitrogens with one attached hydrogen (secondary N) is 1. The SMILES string of the molecule is COc1cc(Cl)cc(C=Nn2c(-c3cccc(C(F)(F)F)c3)nc3ccccc3c2=O)c1OCC(=O)Nc1ccccc1. The number of benzene rings is 4. The molecule has 218 valence electrons. The number of carbonyl (C=O) groups excluding carboxylic acids is 1. The van der Waals surface area contributed by atoms with Gasteiger partial charge in [0.25, 0.3) is 11.5 Å². The number of carbonyl (C=O) groups is 1. The fourth-order valence-electron chi connectivity index (χ4n) is 4.22.